The van der Waals surface area contributed by atoms with Crippen LogP contribution in [0.5, 0.6) is 0 Å². The van der Waals surface area contributed by atoms with Crippen LogP contribution in [-0.4, -0.2) is 40.1 Å². The number of hydrogen-bond acceptors (Lipinski definition) is 4. The topological polar surface area (TPSA) is 47.1 Å². The predicted octanol–water partition coefficient (Wildman–Crippen LogP) is 1.62. The van der Waals surface area contributed by atoms with Crippen molar-refractivity contribution in [2.45, 2.75) is 32.3 Å². The molecule has 5 heteroatoms. The Balaban J connectivity index is 2.57. The Bertz CT molecular complexity index is 345. The van der Waals surface area contributed by atoms with Crippen molar-refractivity contribution in [2.75, 3.05) is 25.4 Å². The van der Waals surface area contributed by atoms with Crippen molar-refractivity contribution < 1.29 is 0 Å². The van der Waals surface area contributed by atoms with Gasteiger partial charge < -0.3 is 10.6 Å². The Morgan fingerprint density at radius 2 is 2.00 bits per heavy atom. The molecular weight excluding hydrogens is 232 g/mol. The molecule has 0 aromatic carbocycles. The summed E-state index contributed by atoms with van der Waals surface area (Å²) in [5.74, 6) is 1.09. The zero-order valence-electron chi connectivity index (χ0n) is 11.4. The molecular formula is C12H24N4S. The maximum absolute atomic E-state index is 5.77. The van der Waals surface area contributed by atoms with E-state index in [4.69, 9.17) is 5.73 Å². The highest BCUT2D eigenvalue weighted by Crippen LogP contribution is 2.24. The smallest absolute Gasteiger partial charge is 0.0984 e. The zero-order chi connectivity index (χ0) is 12.8. The molecule has 4 nitrogen and oxygen atoms in total. The molecule has 1 aromatic rings. The van der Waals surface area contributed by atoms with Gasteiger partial charge in [0.2, 0.25) is 0 Å². The Morgan fingerprint density at radius 1 is 1.35 bits per heavy atom. The first-order valence-corrected chi connectivity index (χ1v) is 7.20. The first kappa shape index (κ1) is 14.5. The molecule has 0 spiro atoms. The Labute approximate surface area is 109 Å². The lowest BCUT2D eigenvalue weighted by Gasteiger charge is -2.17. The molecule has 1 rings (SSSR count). The third kappa shape index (κ3) is 3.72. The fraction of sp³-hybridized carbons (Fsp3) is 0.750. The average Bonchev–Trinajstić information content (AvgIpc) is 2.59. The minimum atomic E-state index is 0.577. The van der Waals surface area contributed by atoms with E-state index >= 15 is 0 Å². The minimum absolute atomic E-state index is 0.577. The van der Waals surface area contributed by atoms with Gasteiger partial charge in [0, 0.05) is 31.5 Å². The number of aryl methyl sites for hydroxylation is 2. The van der Waals surface area contributed by atoms with Crippen LogP contribution in [-0.2, 0) is 13.6 Å². The van der Waals surface area contributed by atoms with Crippen LogP contribution >= 0.6 is 11.8 Å². The normalized spacial score (nSPS) is 11.4. The number of aromatic nitrogens is 2. The van der Waals surface area contributed by atoms with E-state index < -0.39 is 0 Å². The Morgan fingerprint density at radius 3 is 2.53 bits per heavy atom. The van der Waals surface area contributed by atoms with Crippen molar-refractivity contribution >= 4 is 11.8 Å². The van der Waals surface area contributed by atoms with Crippen LogP contribution in [0.2, 0.25) is 0 Å². The molecule has 0 aliphatic heterocycles. The van der Waals surface area contributed by atoms with Crippen molar-refractivity contribution in [3.63, 3.8) is 0 Å². The molecule has 0 saturated heterocycles. The summed E-state index contributed by atoms with van der Waals surface area (Å²) in [6, 6.07) is 0. The van der Waals surface area contributed by atoms with Crippen molar-refractivity contribution in [2.24, 2.45) is 12.8 Å². The quantitative estimate of drug-likeness (QED) is 0.753. The van der Waals surface area contributed by atoms with Crippen LogP contribution in [0.3, 0.4) is 0 Å². The van der Waals surface area contributed by atoms with E-state index in [2.05, 4.69) is 23.8 Å². The van der Waals surface area contributed by atoms with Gasteiger partial charge in [-0.1, -0.05) is 13.8 Å². The van der Waals surface area contributed by atoms with Gasteiger partial charge in [0.15, 0.2) is 0 Å². The van der Waals surface area contributed by atoms with Crippen LogP contribution in [0.25, 0.3) is 0 Å². The summed E-state index contributed by atoms with van der Waals surface area (Å²) < 4.78 is 1.95. The van der Waals surface area contributed by atoms with E-state index in [-0.39, 0.29) is 0 Å². The fourth-order valence-electron chi connectivity index (χ4n) is 1.91. The number of nitrogens with zero attached hydrogens (tertiary/aromatic N) is 3. The van der Waals surface area contributed by atoms with Gasteiger partial charge in [-0.15, -0.1) is 11.8 Å². The average molecular weight is 256 g/mol. The first-order valence-electron chi connectivity index (χ1n) is 6.21. The molecule has 0 unspecified atom stereocenters. The summed E-state index contributed by atoms with van der Waals surface area (Å²) in [5, 5.41) is 5.64. The largest absolute Gasteiger partial charge is 0.326 e. The van der Waals surface area contributed by atoms with Crippen LogP contribution in [0.1, 0.15) is 25.1 Å². The Hall–Kier alpha value is -0.520. The number of rotatable bonds is 7. The third-order valence-corrected chi connectivity index (χ3v) is 4.20. The number of nitrogens with two attached hydrogens (primary N) is 1. The molecule has 0 bridgehead atoms. The molecule has 0 fully saturated rings. The molecule has 1 heterocycles. The molecule has 0 amide bonds. The van der Waals surface area contributed by atoms with Gasteiger partial charge in [-0.25, -0.2) is 0 Å². The molecule has 1 aromatic heterocycles. The molecule has 0 radical (unpaired) electrons. The molecule has 98 valence electrons. The second-order valence-corrected chi connectivity index (χ2v) is 5.16. The molecule has 0 atom stereocenters. The van der Waals surface area contributed by atoms with E-state index in [9.17, 15) is 0 Å². The highest BCUT2D eigenvalue weighted by Gasteiger charge is 2.12. The van der Waals surface area contributed by atoms with Crippen LogP contribution in [0.15, 0.2) is 5.03 Å². The lowest BCUT2D eigenvalue weighted by Crippen LogP contribution is -2.25. The number of thioether (sulfide) groups is 1. The van der Waals surface area contributed by atoms with E-state index in [1.807, 2.05) is 30.4 Å². The van der Waals surface area contributed by atoms with Crippen molar-refractivity contribution in [3.8, 4) is 0 Å². The third-order valence-electron chi connectivity index (χ3n) is 3.03. The zero-order valence-corrected chi connectivity index (χ0v) is 12.2. The second kappa shape index (κ2) is 7.03. The Kier molecular flexibility index (Phi) is 6.02. The van der Waals surface area contributed by atoms with Crippen molar-refractivity contribution in [1.29, 1.82) is 0 Å². The van der Waals surface area contributed by atoms with Crippen LogP contribution in [0.4, 0.5) is 0 Å². The van der Waals surface area contributed by atoms with Crippen LogP contribution in [0, 0.1) is 6.92 Å². The summed E-state index contributed by atoms with van der Waals surface area (Å²) >= 11 is 1.86. The summed E-state index contributed by atoms with van der Waals surface area (Å²) in [7, 11) is 1.99. The maximum Gasteiger partial charge on any atom is 0.0984 e. The highest BCUT2D eigenvalue weighted by molar-refractivity contribution is 7.99. The maximum atomic E-state index is 5.77. The highest BCUT2D eigenvalue weighted by atomic mass is 32.2. The van der Waals surface area contributed by atoms with Crippen LogP contribution < -0.4 is 5.73 Å². The van der Waals surface area contributed by atoms with Gasteiger partial charge in [-0.3, -0.25) is 4.68 Å². The van der Waals surface area contributed by atoms with Gasteiger partial charge in [-0.2, -0.15) is 5.10 Å². The lowest BCUT2D eigenvalue weighted by atomic mass is 10.3. The van der Waals surface area contributed by atoms with E-state index in [1.165, 1.54) is 10.6 Å². The van der Waals surface area contributed by atoms with E-state index in [0.29, 0.717) is 6.54 Å². The van der Waals surface area contributed by atoms with E-state index in [0.717, 1.165) is 31.1 Å². The lowest BCUT2D eigenvalue weighted by molar-refractivity contribution is 0.324. The molecule has 0 saturated carbocycles. The molecule has 0 aliphatic carbocycles. The number of hydrogen-bond donors (Lipinski definition) is 1. The van der Waals surface area contributed by atoms with Crippen molar-refractivity contribution in [1.82, 2.24) is 14.7 Å². The predicted molar refractivity (Wildman–Crippen MR) is 74.3 cm³/mol. The molecule has 17 heavy (non-hydrogen) atoms. The summed E-state index contributed by atoms with van der Waals surface area (Å²) in [4.78, 5) is 2.43. The van der Waals surface area contributed by atoms with Gasteiger partial charge in [0.1, 0.15) is 0 Å². The van der Waals surface area contributed by atoms with Gasteiger partial charge in [0.05, 0.1) is 10.7 Å². The van der Waals surface area contributed by atoms with Gasteiger partial charge in [0.25, 0.3) is 0 Å². The molecule has 2 N–H and O–H groups in total. The summed E-state index contributed by atoms with van der Waals surface area (Å²) in [5.41, 5.74) is 8.02. The fourth-order valence-corrected chi connectivity index (χ4v) is 3.08. The monoisotopic (exact) mass is 256 g/mol. The minimum Gasteiger partial charge on any atom is -0.326 e. The van der Waals surface area contributed by atoms with Gasteiger partial charge >= 0.3 is 0 Å². The van der Waals surface area contributed by atoms with E-state index in [1.54, 1.807) is 0 Å². The second-order valence-electron chi connectivity index (χ2n) is 4.07. The van der Waals surface area contributed by atoms with Crippen molar-refractivity contribution in [3.05, 3.63) is 11.3 Å². The van der Waals surface area contributed by atoms with Gasteiger partial charge in [-0.05, 0) is 20.0 Å². The first-order chi connectivity index (χ1) is 8.13. The summed E-state index contributed by atoms with van der Waals surface area (Å²) in [6.07, 6.45) is 0. The standard InChI is InChI=1S/C12H24N4S/c1-5-16(6-2)7-8-17-12-11(9-13)10(3)14-15(12)4/h5-9,13H2,1-4H3. The summed E-state index contributed by atoms with van der Waals surface area (Å²) in [6.45, 7) is 10.4. The molecule has 0 aliphatic rings. The SMILES string of the molecule is CCN(CC)CCSc1c(CN)c(C)nn1C.